The van der Waals surface area contributed by atoms with Crippen LogP contribution in [0.15, 0.2) is 49.6 Å². The van der Waals surface area contributed by atoms with Crippen molar-refractivity contribution in [2.24, 2.45) is 4.99 Å². The molecule has 13 heteroatoms. The summed E-state index contributed by atoms with van der Waals surface area (Å²) in [5, 5.41) is 9.33. The minimum atomic E-state index is -5.93. The van der Waals surface area contributed by atoms with E-state index in [0.717, 1.165) is 11.4 Å². The molecule has 0 fully saturated rings. The van der Waals surface area contributed by atoms with Crippen LogP contribution in [-0.2, 0) is 9.53 Å². The van der Waals surface area contributed by atoms with Gasteiger partial charge in [-0.15, -0.1) is 11.3 Å². The maximum Gasteiger partial charge on any atom is 0.499 e. The molecule has 0 saturated carbocycles. The highest BCUT2D eigenvalue weighted by molar-refractivity contribution is 7.12. The molecule has 3 rings (SSSR count). The Morgan fingerprint density at radius 2 is 1.94 bits per heavy atom. The van der Waals surface area contributed by atoms with Crippen molar-refractivity contribution in [3.05, 3.63) is 50.2 Å². The molecule has 0 bridgehead atoms. The number of carbonyl (C=O) groups excluding carboxylic acids is 1. The van der Waals surface area contributed by atoms with Crippen LogP contribution in [0.2, 0.25) is 0 Å². The summed E-state index contributed by atoms with van der Waals surface area (Å²) in [5.41, 5.74) is 1.19. The SMILES string of the molecule is COC1=C(C(=O)c2csc(OC(F)(F)C(F)(F)F)c2)CC2=NC(C)=C(CC(=O)O)C2=C1Cl. The largest absolute Gasteiger partial charge is 0.499 e. The summed E-state index contributed by atoms with van der Waals surface area (Å²) in [7, 11) is 1.22. The van der Waals surface area contributed by atoms with Crippen LogP contribution in [0.25, 0.3) is 0 Å². The Morgan fingerprint density at radius 1 is 1.28 bits per heavy atom. The van der Waals surface area contributed by atoms with E-state index in [1.165, 1.54) is 7.11 Å². The van der Waals surface area contributed by atoms with Gasteiger partial charge in [-0.05, 0) is 12.5 Å². The van der Waals surface area contributed by atoms with Crippen LogP contribution in [0.5, 0.6) is 5.06 Å². The number of ether oxygens (including phenoxy) is 2. The minimum Gasteiger partial charge on any atom is -0.495 e. The van der Waals surface area contributed by atoms with E-state index in [1.807, 2.05) is 0 Å². The average Bonchev–Trinajstić information content (AvgIpc) is 3.24. The molecule has 6 nitrogen and oxygen atoms in total. The van der Waals surface area contributed by atoms with E-state index < -0.39 is 29.1 Å². The fraction of sp³-hybridized carbons (Fsp3) is 0.316. The molecular formula is C19H13ClF5NO5S. The number of ketones is 1. The molecule has 0 unspecified atom stereocenters. The van der Waals surface area contributed by atoms with E-state index >= 15 is 0 Å². The maximum atomic E-state index is 13.1. The number of aliphatic carboxylic acids is 1. The van der Waals surface area contributed by atoms with Crippen LogP contribution < -0.4 is 4.74 Å². The van der Waals surface area contributed by atoms with Crippen LogP contribution in [0.1, 0.15) is 30.1 Å². The fourth-order valence-corrected chi connectivity index (χ4v) is 4.35. The summed E-state index contributed by atoms with van der Waals surface area (Å²) in [6.07, 6.45) is -11.8. The summed E-state index contributed by atoms with van der Waals surface area (Å²) in [5.74, 6) is -1.93. The number of allylic oxidation sites excluding steroid dienone is 4. The first-order chi connectivity index (χ1) is 14.8. The second-order valence-corrected chi connectivity index (χ2v) is 7.92. The third kappa shape index (κ3) is 4.29. The van der Waals surface area contributed by atoms with E-state index in [4.69, 9.17) is 21.4 Å². The highest BCUT2D eigenvalue weighted by Crippen LogP contribution is 2.43. The summed E-state index contributed by atoms with van der Waals surface area (Å²) in [4.78, 5) is 28.4. The molecule has 1 aliphatic heterocycles. The Hall–Kier alpha value is -2.73. The molecule has 1 aliphatic carbocycles. The van der Waals surface area contributed by atoms with Gasteiger partial charge < -0.3 is 14.6 Å². The van der Waals surface area contributed by atoms with Gasteiger partial charge in [0.15, 0.2) is 10.8 Å². The summed E-state index contributed by atoms with van der Waals surface area (Å²) < 4.78 is 72.2. The molecular weight excluding hydrogens is 485 g/mol. The highest BCUT2D eigenvalue weighted by atomic mass is 35.5. The van der Waals surface area contributed by atoms with Crippen molar-refractivity contribution in [2.75, 3.05) is 7.11 Å². The van der Waals surface area contributed by atoms with Crippen LogP contribution in [-0.4, -0.2) is 42.0 Å². The number of nitrogens with zero attached hydrogens (tertiary/aromatic N) is 1. The number of thiophene rings is 1. The number of carboxylic acid groups (broad SMARTS) is 1. The van der Waals surface area contributed by atoms with Crippen molar-refractivity contribution in [2.45, 2.75) is 32.1 Å². The number of carboxylic acids is 1. The van der Waals surface area contributed by atoms with Crippen molar-refractivity contribution in [1.82, 2.24) is 0 Å². The van der Waals surface area contributed by atoms with E-state index in [2.05, 4.69) is 9.73 Å². The Labute approximate surface area is 186 Å². The van der Waals surface area contributed by atoms with Gasteiger partial charge in [0.25, 0.3) is 0 Å². The lowest BCUT2D eigenvalue weighted by molar-refractivity contribution is -0.359. The first-order valence-corrected chi connectivity index (χ1v) is 9.96. The van der Waals surface area contributed by atoms with Crippen LogP contribution in [0.4, 0.5) is 22.0 Å². The minimum absolute atomic E-state index is 0.0173. The number of hydrogen-bond acceptors (Lipinski definition) is 6. The Balaban J connectivity index is 1.95. The lowest BCUT2D eigenvalue weighted by Crippen LogP contribution is -2.41. The number of methoxy groups -OCH3 is 1. The summed E-state index contributed by atoms with van der Waals surface area (Å²) >= 11 is 6.77. The van der Waals surface area contributed by atoms with E-state index in [-0.39, 0.29) is 34.8 Å². The van der Waals surface area contributed by atoms with Gasteiger partial charge in [0.05, 0.1) is 24.3 Å². The molecule has 1 aromatic rings. The van der Waals surface area contributed by atoms with Crippen LogP contribution in [0.3, 0.4) is 0 Å². The first-order valence-electron chi connectivity index (χ1n) is 8.70. The molecule has 172 valence electrons. The number of carbonyl (C=O) groups is 2. The van der Waals surface area contributed by atoms with Gasteiger partial charge in [-0.3, -0.25) is 14.6 Å². The van der Waals surface area contributed by atoms with Crippen molar-refractivity contribution in [3.63, 3.8) is 0 Å². The predicted molar refractivity (Wildman–Crippen MR) is 104 cm³/mol. The zero-order valence-electron chi connectivity index (χ0n) is 16.3. The zero-order valence-corrected chi connectivity index (χ0v) is 17.8. The third-order valence-electron chi connectivity index (χ3n) is 4.57. The van der Waals surface area contributed by atoms with E-state index in [1.54, 1.807) is 6.92 Å². The van der Waals surface area contributed by atoms with Gasteiger partial charge in [0, 0.05) is 40.3 Å². The topological polar surface area (TPSA) is 85.2 Å². The number of aliphatic imine (C=N–C) groups is 1. The second kappa shape index (κ2) is 8.32. The van der Waals surface area contributed by atoms with Gasteiger partial charge in [0.2, 0.25) is 0 Å². The number of alkyl halides is 5. The third-order valence-corrected chi connectivity index (χ3v) is 5.74. The molecule has 0 saturated heterocycles. The number of Topliss-reactive ketones (excluding diaryl/α,β-unsaturated/α-hetero) is 1. The van der Waals surface area contributed by atoms with Gasteiger partial charge in [-0.1, -0.05) is 11.6 Å². The highest BCUT2D eigenvalue weighted by Gasteiger charge is 2.61. The summed E-state index contributed by atoms with van der Waals surface area (Å²) in [6.45, 7) is 1.58. The Kier molecular flexibility index (Phi) is 6.22. The Bertz CT molecular complexity index is 1130. The Morgan fingerprint density at radius 3 is 2.50 bits per heavy atom. The van der Waals surface area contributed by atoms with Gasteiger partial charge in [-0.25, -0.2) is 0 Å². The van der Waals surface area contributed by atoms with Gasteiger partial charge in [0.1, 0.15) is 5.76 Å². The molecule has 1 N–H and O–H groups in total. The van der Waals surface area contributed by atoms with Crippen LogP contribution in [0, 0.1) is 0 Å². The van der Waals surface area contributed by atoms with Crippen molar-refractivity contribution < 1.29 is 46.1 Å². The summed E-state index contributed by atoms with van der Waals surface area (Å²) in [6, 6.07) is 0.760. The van der Waals surface area contributed by atoms with Crippen molar-refractivity contribution >= 4 is 40.4 Å². The average molecular weight is 498 g/mol. The molecule has 32 heavy (non-hydrogen) atoms. The lowest BCUT2D eigenvalue weighted by Gasteiger charge is -2.21. The fourth-order valence-electron chi connectivity index (χ4n) is 3.17. The molecule has 0 aromatic carbocycles. The first kappa shape index (κ1) is 23.9. The predicted octanol–water partition coefficient (Wildman–Crippen LogP) is 5.47. The van der Waals surface area contributed by atoms with E-state index in [0.29, 0.717) is 33.9 Å². The van der Waals surface area contributed by atoms with Gasteiger partial charge in [-0.2, -0.15) is 22.0 Å². The molecule has 0 spiro atoms. The maximum absolute atomic E-state index is 13.1. The molecule has 0 radical (unpaired) electrons. The molecule has 2 heterocycles. The molecule has 2 aliphatic rings. The van der Waals surface area contributed by atoms with Crippen LogP contribution >= 0.6 is 22.9 Å². The number of hydrogen-bond donors (Lipinski definition) is 1. The number of halogens is 6. The number of fused-ring (bicyclic) bond motifs is 1. The monoisotopic (exact) mass is 497 g/mol. The standard InChI is InChI=1S/C19H13ClF5NO5S/c1-7-9(5-12(27)28)14-11(26-7)4-10(17(30-2)15(14)20)16(29)8-3-13(32-6-8)31-19(24,25)18(21,22)23/h3,6H,4-5H2,1-2H3,(H,27,28). The molecule has 0 atom stereocenters. The van der Waals surface area contributed by atoms with E-state index in [9.17, 15) is 31.5 Å². The smallest absolute Gasteiger partial charge is 0.495 e. The number of rotatable bonds is 7. The van der Waals surface area contributed by atoms with Gasteiger partial charge >= 0.3 is 18.3 Å². The quantitative estimate of drug-likeness (QED) is 0.399. The van der Waals surface area contributed by atoms with Crippen molar-refractivity contribution in [1.29, 1.82) is 0 Å². The zero-order chi connectivity index (χ0) is 24.0. The lowest BCUT2D eigenvalue weighted by atomic mass is 9.87. The normalized spacial score (nSPS) is 16.9. The second-order valence-electron chi connectivity index (χ2n) is 6.67. The molecule has 0 amide bonds. The van der Waals surface area contributed by atoms with Crippen molar-refractivity contribution in [3.8, 4) is 5.06 Å². The molecule has 1 aromatic heterocycles.